The monoisotopic (exact) mass is 411 g/mol. The summed E-state index contributed by atoms with van der Waals surface area (Å²) in [6, 6.07) is 10.8. The fourth-order valence-corrected chi connectivity index (χ4v) is 3.57. The van der Waals surface area contributed by atoms with Crippen molar-refractivity contribution in [2.24, 2.45) is 0 Å². The summed E-state index contributed by atoms with van der Waals surface area (Å²) in [6.45, 7) is 0.300. The minimum absolute atomic E-state index is 0.267. The van der Waals surface area contributed by atoms with Gasteiger partial charge in [-0.25, -0.2) is 9.97 Å². The highest BCUT2D eigenvalue weighted by molar-refractivity contribution is 6.39. The van der Waals surface area contributed by atoms with Gasteiger partial charge in [-0.2, -0.15) is 0 Å². The van der Waals surface area contributed by atoms with Crippen LogP contribution in [-0.4, -0.2) is 25.4 Å². The van der Waals surface area contributed by atoms with Crippen molar-refractivity contribution in [2.75, 3.05) is 0 Å². The molecule has 4 aromatic rings. The maximum absolute atomic E-state index is 12.8. The molecule has 2 N–H and O–H groups in total. The Hall–Kier alpha value is -3.09. The van der Waals surface area contributed by atoms with Crippen molar-refractivity contribution in [2.45, 2.75) is 6.54 Å². The number of hydrogen-bond acceptors (Lipinski definition) is 3. The molecule has 0 saturated carbocycles. The number of amides is 1. The molecule has 6 nitrogen and oxygen atoms in total. The molecule has 3 heterocycles. The smallest absolute Gasteiger partial charge is 0.268 e. The second-order valence-corrected chi connectivity index (χ2v) is 6.82. The van der Waals surface area contributed by atoms with Crippen LogP contribution in [0.3, 0.4) is 0 Å². The lowest BCUT2D eigenvalue weighted by Gasteiger charge is -2.11. The summed E-state index contributed by atoms with van der Waals surface area (Å²) in [6.07, 6.45) is 8.52. The standard InChI is InChI=1S/C20H15Cl2N5O/c21-15-4-1-5-16(22)17(15)14-6-8-24-18(14)20(28)26-11-13-3-2-7-25-19(13)27-10-9-23-12-27/h1-10,12,24H,11H2,(H,26,28). The van der Waals surface area contributed by atoms with Gasteiger partial charge >= 0.3 is 0 Å². The molecule has 1 aromatic carbocycles. The quantitative estimate of drug-likeness (QED) is 0.507. The molecule has 28 heavy (non-hydrogen) atoms. The Morgan fingerprint density at radius 1 is 1.11 bits per heavy atom. The lowest BCUT2D eigenvalue weighted by Crippen LogP contribution is -2.24. The zero-order chi connectivity index (χ0) is 19.5. The first kappa shape index (κ1) is 18.3. The van der Waals surface area contributed by atoms with E-state index in [1.165, 1.54) is 0 Å². The van der Waals surface area contributed by atoms with Gasteiger partial charge in [0, 0.05) is 58.1 Å². The van der Waals surface area contributed by atoms with Crippen molar-refractivity contribution < 1.29 is 4.79 Å². The number of carbonyl (C=O) groups excluding carboxylic acids is 1. The van der Waals surface area contributed by atoms with Gasteiger partial charge in [-0.3, -0.25) is 9.36 Å². The number of aromatic nitrogens is 4. The second-order valence-electron chi connectivity index (χ2n) is 6.00. The average Bonchev–Trinajstić information content (AvgIpc) is 3.38. The minimum Gasteiger partial charge on any atom is -0.357 e. The third-order valence-corrected chi connectivity index (χ3v) is 4.89. The first-order valence-electron chi connectivity index (χ1n) is 8.47. The third-order valence-electron chi connectivity index (χ3n) is 4.26. The van der Waals surface area contributed by atoms with Gasteiger partial charge in [-0.15, -0.1) is 0 Å². The number of rotatable bonds is 5. The molecule has 3 aromatic heterocycles. The van der Waals surface area contributed by atoms with Gasteiger partial charge < -0.3 is 10.3 Å². The first-order valence-corrected chi connectivity index (χ1v) is 9.23. The number of nitrogens with one attached hydrogen (secondary N) is 2. The van der Waals surface area contributed by atoms with E-state index in [1.54, 1.807) is 59.9 Å². The predicted octanol–water partition coefficient (Wildman–Crippen LogP) is 4.50. The third kappa shape index (κ3) is 3.52. The van der Waals surface area contributed by atoms with E-state index in [0.29, 0.717) is 39.2 Å². The molecule has 4 rings (SSSR count). The summed E-state index contributed by atoms with van der Waals surface area (Å²) in [4.78, 5) is 24.2. The van der Waals surface area contributed by atoms with E-state index in [1.807, 2.05) is 12.1 Å². The van der Waals surface area contributed by atoms with Gasteiger partial charge in [0.05, 0.1) is 0 Å². The van der Waals surface area contributed by atoms with E-state index < -0.39 is 0 Å². The van der Waals surface area contributed by atoms with E-state index in [4.69, 9.17) is 23.2 Å². The average molecular weight is 412 g/mol. The summed E-state index contributed by atoms with van der Waals surface area (Å²) < 4.78 is 1.80. The molecule has 1 amide bonds. The maximum atomic E-state index is 12.8. The number of aromatic amines is 1. The number of H-pyrrole nitrogens is 1. The Morgan fingerprint density at radius 3 is 2.68 bits per heavy atom. The molecule has 0 saturated heterocycles. The fraction of sp³-hybridized carbons (Fsp3) is 0.0500. The van der Waals surface area contributed by atoms with Crippen molar-refractivity contribution in [1.29, 1.82) is 0 Å². The lowest BCUT2D eigenvalue weighted by atomic mass is 10.1. The number of hydrogen-bond donors (Lipinski definition) is 2. The van der Waals surface area contributed by atoms with E-state index >= 15 is 0 Å². The van der Waals surface area contributed by atoms with E-state index in [0.717, 1.165) is 5.56 Å². The SMILES string of the molecule is O=C(NCc1cccnc1-n1ccnc1)c1[nH]ccc1-c1c(Cl)cccc1Cl. The molecule has 0 aliphatic heterocycles. The van der Waals surface area contributed by atoms with Crippen LogP contribution in [0.1, 0.15) is 16.1 Å². The van der Waals surface area contributed by atoms with E-state index in [2.05, 4.69) is 20.3 Å². The largest absolute Gasteiger partial charge is 0.357 e. The van der Waals surface area contributed by atoms with Crippen LogP contribution in [0.4, 0.5) is 0 Å². The van der Waals surface area contributed by atoms with Gasteiger partial charge in [-0.05, 0) is 24.3 Å². The topological polar surface area (TPSA) is 75.6 Å². The maximum Gasteiger partial charge on any atom is 0.268 e. The Bertz CT molecular complexity index is 1100. The van der Waals surface area contributed by atoms with E-state index in [-0.39, 0.29) is 5.91 Å². The van der Waals surface area contributed by atoms with E-state index in [9.17, 15) is 4.79 Å². The number of nitrogens with zero attached hydrogens (tertiary/aromatic N) is 3. The van der Waals surface area contributed by atoms with Crippen LogP contribution in [0, 0.1) is 0 Å². The van der Waals surface area contributed by atoms with Crippen LogP contribution >= 0.6 is 23.2 Å². The summed E-state index contributed by atoms with van der Waals surface area (Å²) in [5.41, 5.74) is 2.52. The number of pyridine rings is 1. The van der Waals surface area contributed by atoms with Crippen molar-refractivity contribution in [3.05, 3.63) is 88.8 Å². The predicted molar refractivity (Wildman–Crippen MR) is 109 cm³/mol. The molecule has 0 bridgehead atoms. The molecule has 0 fully saturated rings. The van der Waals surface area contributed by atoms with Gasteiger partial charge in [0.1, 0.15) is 17.8 Å². The van der Waals surface area contributed by atoms with Gasteiger partial charge in [-0.1, -0.05) is 35.3 Å². The lowest BCUT2D eigenvalue weighted by molar-refractivity contribution is 0.0947. The Balaban J connectivity index is 1.58. The van der Waals surface area contributed by atoms with Gasteiger partial charge in [0.25, 0.3) is 5.91 Å². The van der Waals surface area contributed by atoms with Crippen LogP contribution in [-0.2, 0) is 6.54 Å². The molecular weight excluding hydrogens is 397 g/mol. The number of imidazole rings is 1. The minimum atomic E-state index is -0.267. The van der Waals surface area contributed by atoms with Crippen molar-refractivity contribution in [3.63, 3.8) is 0 Å². The van der Waals surface area contributed by atoms with Crippen molar-refractivity contribution in [1.82, 2.24) is 24.8 Å². The zero-order valence-corrected chi connectivity index (χ0v) is 16.1. The Morgan fingerprint density at radius 2 is 1.93 bits per heavy atom. The van der Waals surface area contributed by atoms with Crippen molar-refractivity contribution in [3.8, 4) is 16.9 Å². The highest BCUT2D eigenvalue weighted by Crippen LogP contribution is 2.36. The first-order chi connectivity index (χ1) is 13.6. The van der Waals surface area contributed by atoms with Crippen LogP contribution in [0.2, 0.25) is 10.0 Å². The van der Waals surface area contributed by atoms with Crippen LogP contribution in [0.25, 0.3) is 16.9 Å². The molecule has 0 atom stereocenters. The zero-order valence-electron chi connectivity index (χ0n) is 14.6. The molecular formula is C20H15Cl2N5O. The number of benzene rings is 1. The molecule has 140 valence electrons. The summed E-state index contributed by atoms with van der Waals surface area (Å²) in [7, 11) is 0. The second kappa shape index (κ2) is 7.88. The number of halogens is 2. The van der Waals surface area contributed by atoms with Gasteiger partial charge in [0.15, 0.2) is 0 Å². The fourth-order valence-electron chi connectivity index (χ4n) is 2.97. The van der Waals surface area contributed by atoms with Crippen LogP contribution in [0.15, 0.2) is 67.5 Å². The van der Waals surface area contributed by atoms with Crippen LogP contribution in [0.5, 0.6) is 0 Å². The van der Waals surface area contributed by atoms with Gasteiger partial charge in [0.2, 0.25) is 0 Å². The molecule has 0 unspecified atom stereocenters. The molecule has 8 heteroatoms. The summed E-state index contributed by atoms with van der Waals surface area (Å²) in [5, 5.41) is 3.89. The Labute approximate surface area is 171 Å². The highest BCUT2D eigenvalue weighted by Gasteiger charge is 2.18. The molecule has 0 radical (unpaired) electrons. The molecule has 0 spiro atoms. The number of carbonyl (C=O) groups is 1. The van der Waals surface area contributed by atoms with Crippen LogP contribution < -0.4 is 5.32 Å². The highest BCUT2D eigenvalue weighted by atomic mass is 35.5. The summed E-state index contributed by atoms with van der Waals surface area (Å²) in [5.74, 6) is 0.442. The molecule has 0 aliphatic rings. The normalized spacial score (nSPS) is 10.8. The summed E-state index contributed by atoms with van der Waals surface area (Å²) >= 11 is 12.6. The Kier molecular flexibility index (Phi) is 5.14. The van der Waals surface area contributed by atoms with Crippen molar-refractivity contribution >= 4 is 29.1 Å². The molecule has 0 aliphatic carbocycles.